The predicted octanol–water partition coefficient (Wildman–Crippen LogP) is 3.74. The summed E-state index contributed by atoms with van der Waals surface area (Å²) in [6.45, 7) is 0.610. The predicted molar refractivity (Wildman–Crippen MR) is 73.1 cm³/mol. The lowest BCUT2D eigenvalue weighted by atomic mass is 10.2. The molecule has 0 aliphatic heterocycles. The Morgan fingerprint density at radius 3 is 2.65 bits per heavy atom. The van der Waals surface area contributed by atoms with E-state index in [0.29, 0.717) is 6.61 Å². The van der Waals surface area contributed by atoms with Crippen LogP contribution in [0.1, 0.15) is 10.9 Å². The molecule has 0 saturated carbocycles. The molecule has 2 rings (SSSR count). The van der Waals surface area contributed by atoms with Crippen LogP contribution in [0.25, 0.3) is 0 Å². The number of likely N-dealkylation sites (N-methyl/N-ethyl adjacent to an activating group) is 1. The lowest BCUT2D eigenvalue weighted by Crippen LogP contribution is -2.22. The highest BCUT2D eigenvalue weighted by molar-refractivity contribution is 7.10. The molecule has 1 heterocycles. The Morgan fingerprint density at radius 1 is 1.29 bits per heavy atom. The van der Waals surface area contributed by atoms with E-state index in [-0.39, 0.29) is 6.04 Å². The van der Waals surface area contributed by atoms with Crippen LogP contribution in [0.2, 0.25) is 5.02 Å². The Labute approximate surface area is 110 Å². The number of thiophene rings is 1. The highest BCUT2D eigenvalue weighted by Gasteiger charge is 2.10. The molecule has 0 aliphatic carbocycles. The van der Waals surface area contributed by atoms with Gasteiger partial charge in [-0.2, -0.15) is 0 Å². The van der Waals surface area contributed by atoms with Gasteiger partial charge in [0, 0.05) is 9.90 Å². The van der Waals surface area contributed by atoms with Crippen LogP contribution in [0, 0.1) is 0 Å². The summed E-state index contributed by atoms with van der Waals surface area (Å²) in [6, 6.07) is 11.8. The number of benzene rings is 1. The van der Waals surface area contributed by atoms with Gasteiger partial charge in [0.1, 0.15) is 12.4 Å². The summed E-state index contributed by atoms with van der Waals surface area (Å²) in [4.78, 5) is 1.28. The zero-order valence-electron chi connectivity index (χ0n) is 9.52. The number of ether oxygens (including phenoxy) is 1. The summed E-state index contributed by atoms with van der Waals surface area (Å²) in [5.41, 5.74) is 0. The van der Waals surface area contributed by atoms with E-state index in [1.807, 2.05) is 37.4 Å². The quantitative estimate of drug-likeness (QED) is 0.891. The molecule has 0 saturated heterocycles. The van der Waals surface area contributed by atoms with Crippen molar-refractivity contribution in [3.05, 3.63) is 51.7 Å². The molecule has 1 aromatic heterocycles. The number of hydrogen-bond donors (Lipinski definition) is 1. The van der Waals surface area contributed by atoms with Gasteiger partial charge in [0.05, 0.1) is 6.04 Å². The molecular formula is C13H14ClNOS. The highest BCUT2D eigenvalue weighted by Crippen LogP contribution is 2.21. The minimum Gasteiger partial charge on any atom is -0.492 e. The molecule has 2 aromatic rings. The van der Waals surface area contributed by atoms with Crippen LogP contribution in [0.5, 0.6) is 5.75 Å². The lowest BCUT2D eigenvalue weighted by Gasteiger charge is -2.15. The molecule has 0 fully saturated rings. The van der Waals surface area contributed by atoms with Crippen LogP contribution >= 0.6 is 22.9 Å². The third-order valence-electron chi connectivity index (χ3n) is 2.47. The van der Waals surface area contributed by atoms with Crippen molar-refractivity contribution < 1.29 is 4.74 Å². The molecule has 0 amide bonds. The highest BCUT2D eigenvalue weighted by atomic mass is 35.5. The van der Waals surface area contributed by atoms with E-state index in [4.69, 9.17) is 16.3 Å². The summed E-state index contributed by atoms with van der Waals surface area (Å²) in [6.07, 6.45) is 0. The van der Waals surface area contributed by atoms with E-state index in [1.165, 1.54) is 4.88 Å². The Kier molecular flexibility index (Phi) is 4.42. The second-order valence-corrected chi connectivity index (χ2v) is 5.04. The van der Waals surface area contributed by atoms with Crippen molar-refractivity contribution in [3.8, 4) is 5.75 Å². The maximum atomic E-state index is 5.82. The van der Waals surface area contributed by atoms with Crippen LogP contribution in [0.3, 0.4) is 0 Å². The average Bonchev–Trinajstić information content (AvgIpc) is 2.86. The van der Waals surface area contributed by atoms with Gasteiger partial charge < -0.3 is 10.1 Å². The molecule has 1 aromatic carbocycles. The Morgan fingerprint density at radius 2 is 2.06 bits per heavy atom. The van der Waals surface area contributed by atoms with Crippen molar-refractivity contribution in [1.82, 2.24) is 5.32 Å². The van der Waals surface area contributed by atoms with E-state index in [2.05, 4.69) is 16.8 Å². The molecule has 0 radical (unpaired) electrons. The number of rotatable bonds is 5. The molecule has 2 nitrogen and oxygen atoms in total. The van der Waals surface area contributed by atoms with Gasteiger partial charge in [-0.05, 0) is 42.8 Å². The topological polar surface area (TPSA) is 21.3 Å². The zero-order chi connectivity index (χ0) is 12.1. The van der Waals surface area contributed by atoms with Crippen LogP contribution in [-0.4, -0.2) is 13.7 Å². The number of hydrogen-bond acceptors (Lipinski definition) is 3. The molecule has 90 valence electrons. The molecule has 4 heteroatoms. The van der Waals surface area contributed by atoms with E-state index in [0.717, 1.165) is 10.8 Å². The SMILES string of the molecule is CNC(COc1ccc(Cl)cc1)c1cccs1. The first kappa shape index (κ1) is 12.4. The van der Waals surface area contributed by atoms with Crippen LogP contribution in [-0.2, 0) is 0 Å². The van der Waals surface area contributed by atoms with Gasteiger partial charge in [-0.3, -0.25) is 0 Å². The number of halogens is 1. The summed E-state index contributed by atoms with van der Waals surface area (Å²) in [7, 11) is 1.94. The standard InChI is InChI=1S/C13H14ClNOS/c1-15-12(13-3-2-8-17-13)9-16-11-6-4-10(14)5-7-11/h2-8,12,15H,9H2,1H3. The second-order valence-electron chi connectivity index (χ2n) is 3.62. The van der Waals surface area contributed by atoms with Crippen molar-refractivity contribution >= 4 is 22.9 Å². The zero-order valence-corrected chi connectivity index (χ0v) is 11.1. The van der Waals surface area contributed by atoms with E-state index < -0.39 is 0 Å². The summed E-state index contributed by atoms with van der Waals surface area (Å²) in [5.74, 6) is 0.839. The van der Waals surface area contributed by atoms with E-state index >= 15 is 0 Å². The van der Waals surface area contributed by atoms with Crippen LogP contribution in [0.4, 0.5) is 0 Å². The third kappa shape index (κ3) is 3.46. The minimum atomic E-state index is 0.227. The molecule has 1 atom stereocenters. The van der Waals surface area contributed by atoms with E-state index in [1.54, 1.807) is 11.3 Å². The van der Waals surface area contributed by atoms with Gasteiger partial charge in [-0.15, -0.1) is 11.3 Å². The monoisotopic (exact) mass is 267 g/mol. The van der Waals surface area contributed by atoms with Crippen molar-refractivity contribution in [1.29, 1.82) is 0 Å². The molecule has 0 spiro atoms. The Bertz CT molecular complexity index is 441. The molecule has 17 heavy (non-hydrogen) atoms. The minimum absolute atomic E-state index is 0.227. The summed E-state index contributed by atoms with van der Waals surface area (Å²) in [5, 5.41) is 6.04. The van der Waals surface area contributed by atoms with Gasteiger partial charge in [0.2, 0.25) is 0 Å². The second kappa shape index (κ2) is 6.05. The van der Waals surface area contributed by atoms with Crippen molar-refractivity contribution in [3.63, 3.8) is 0 Å². The fraction of sp³-hybridized carbons (Fsp3) is 0.231. The molecule has 1 unspecified atom stereocenters. The lowest BCUT2D eigenvalue weighted by molar-refractivity contribution is 0.275. The van der Waals surface area contributed by atoms with Gasteiger partial charge >= 0.3 is 0 Å². The third-order valence-corrected chi connectivity index (χ3v) is 3.70. The van der Waals surface area contributed by atoms with Gasteiger partial charge in [0.25, 0.3) is 0 Å². The fourth-order valence-electron chi connectivity index (χ4n) is 1.51. The van der Waals surface area contributed by atoms with Gasteiger partial charge in [-0.25, -0.2) is 0 Å². The summed E-state index contributed by atoms with van der Waals surface area (Å²) < 4.78 is 5.72. The van der Waals surface area contributed by atoms with Crippen molar-refractivity contribution in [2.75, 3.05) is 13.7 Å². The smallest absolute Gasteiger partial charge is 0.119 e. The molecule has 0 bridgehead atoms. The van der Waals surface area contributed by atoms with Gasteiger partial charge in [0.15, 0.2) is 0 Å². The molecular weight excluding hydrogens is 254 g/mol. The fourth-order valence-corrected chi connectivity index (χ4v) is 2.46. The van der Waals surface area contributed by atoms with Crippen LogP contribution in [0.15, 0.2) is 41.8 Å². The molecule has 0 aliphatic rings. The first-order chi connectivity index (χ1) is 8.29. The maximum absolute atomic E-state index is 5.82. The van der Waals surface area contributed by atoms with Gasteiger partial charge in [-0.1, -0.05) is 17.7 Å². The van der Waals surface area contributed by atoms with Crippen LogP contribution < -0.4 is 10.1 Å². The first-order valence-electron chi connectivity index (χ1n) is 5.38. The Balaban J connectivity index is 1.94. The average molecular weight is 268 g/mol. The van der Waals surface area contributed by atoms with Crippen molar-refractivity contribution in [2.24, 2.45) is 0 Å². The largest absolute Gasteiger partial charge is 0.492 e. The Hall–Kier alpha value is -1.03. The first-order valence-corrected chi connectivity index (χ1v) is 6.64. The van der Waals surface area contributed by atoms with Crippen molar-refractivity contribution in [2.45, 2.75) is 6.04 Å². The summed E-state index contributed by atoms with van der Waals surface area (Å²) >= 11 is 7.55. The molecule has 1 N–H and O–H groups in total. The normalized spacial score (nSPS) is 12.4. The number of nitrogens with one attached hydrogen (secondary N) is 1. The van der Waals surface area contributed by atoms with E-state index in [9.17, 15) is 0 Å². The maximum Gasteiger partial charge on any atom is 0.119 e.